The zero-order valence-corrected chi connectivity index (χ0v) is 16.4. The summed E-state index contributed by atoms with van der Waals surface area (Å²) < 4.78 is 0. The van der Waals surface area contributed by atoms with Crippen LogP contribution in [0.5, 0.6) is 0 Å². The maximum absolute atomic E-state index is 11.2. The van der Waals surface area contributed by atoms with Gasteiger partial charge < -0.3 is 10.2 Å². The number of aromatic nitrogens is 1. The van der Waals surface area contributed by atoms with E-state index in [0.29, 0.717) is 17.8 Å². The van der Waals surface area contributed by atoms with Crippen molar-refractivity contribution in [1.82, 2.24) is 4.98 Å². The molecule has 0 bridgehead atoms. The van der Waals surface area contributed by atoms with Gasteiger partial charge in [0.1, 0.15) is 0 Å². The summed E-state index contributed by atoms with van der Waals surface area (Å²) in [5, 5.41) is 21.3. The monoisotopic (exact) mass is 365 g/mol. The zero-order valence-electron chi connectivity index (χ0n) is 16.4. The summed E-state index contributed by atoms with van der Waals surface area (Å²) in [7, 11) is 0. The van der Waals surface area contributed by atoms with Crippen molar-refractivity contribution in [1.29, 1.82) is 0 Å². The third-order valence-electron chi connectivity index (χ3n) is 8.66. The first kappa shape index (κ1) is 17.6. The third kappa shape index (κ3) is 2.44. The lowest BCUT2D eigenvalue weighted by atomic mass is 9.46. The van der Waals surface area contributed by atoms with Crippen LogP contribution in [0, 0.1) is 28.6 Å². The van der Waals surface area contributed by atoms with Gasteiger partial charge >= 0.3 is 0 Å². The van der Waals surface area contributed by atoms with Crippen LogP contribution < -0.4 is 0 Å². The molecule has 4 aliphatic carbocycles. The number of pyridine rings is 1. The van der Waals surface area contributed by atoms with Crippen molar-refractivity contribution >= 4 is 5.57 Å². The first-order valence-electron chi connectivity index (χ1n) is 10.6. The Morgan fingerprint density at radius 3 is 2.67 bits per heavy atom. The van der Waals surface area contributed by atoms with E-state index < -0.39 is 0 Å². The first-order valence-corrected chi connectivity index (χ1v) is 10.6. The maximum Gasteiger partial charge on any atom is 0.0757 e. The van der Waals surface area contributed by atoms with Crippen LogP contribution in [0.25, 0.3) is 5.57 Å². The topological polar surface area (TPSA) is 53.4 Å². The molecule has 2 unspecified atom stereocenters. The molecule has 0 amide bonds. The fourth-order valence-electron chi connectivity index (χ4n) is 7.17. The minimum absolute atomic E-state index is 0.126. The van der Waals surface area contributed by atoms with Gasteiger partial charge in [0.2, 0.25) is 0 Å². The summed E-state index contributed by atoms with van der Waals surface area (Å²) in [6.07, 6.45) is 13.9. The average molecular weight is 366 g/mol. The van der Waals surface area contributed by atoms with Crippen LogP contribution in [0.1, 0.15) is 57.9 Å². The van der Waals surface area contributed by atoms with Gasteiger partial charge in [0.15, 0.2) is 0 Å². The molecular weight excluding hydrogens is 334 g/mol. The number of hydrogen-bond donors (Lipinski definition) is 2. The van der Waals surface area contributed by atoms with Gasteiger partial charge in [0, 0.05) is 12.4 Å². The van der Waals surface area contributed by atoms with Crippen LogP contribution in [0.2, 0.25) is 0 Å². The molecule has 3 heteroatoms. The Morgan fingerprint density at radius 1 is 1.07 bits per heavy atom. The molecule has 5 rings (SSSR count). The summed E-state index contributed by atoms with van der Waals surface area (Å²) in [6, 6.07) is 4.20. The highest BCUT2D eigenvalue weighted by molar-refractivity contribution is 5.72. The molecule has 1 aromatic rings. The molecular formula is C24H31NO2. The quantitative estimate of drug-likeness (QED) is 0.727. The number of aliphatic hydroxyl groups excluding tert-OH is 2. The molecule has 4 aliphatic rings. The Balaban J connectivity index is 1.52. The van der Waals surface area contributed by atoms with Crippen LogP contribution in [-0.4, -0.2) is 27.4 Å². The van der Waals surface area contributed by atoms with Crippen LogP contribution >= 0.6 is 0 Å². The van der Waals surface area contributed by atoms with E-state index >= 15 is 0 Å². The highest BCUT2D eigenvalue weighted by Crippen LogP contribution is 2.66. The highest BCUT2D eigenvalue weighted by atomic mass is 16.3. The molecule has 1 heterocycles. The molecule has 144 valence electrons. The van der Waals surface area contributed by atoms with E-state index in [4.69, 9.17) is 0 Å². The summed E-state index contributed by atoms with van der Waals surface area (Å²) in [4.78, 5) is 4.34. The predicted molar refractivity (Wildman–Crippen MR) is 107 cm³/mol. The molecule has 2 fully saturated rings. The van der Waals surface area contributed by atoms with Crippen molar-refractivity contribution in [2.45, 2.75) is 64.6 Å². The molecule has 27 heavy (non-hydrogen) atoms. The van der Waals surface area contributed by atoms with E-state index in [2.05, 4.69) is 37.0 Å². The van der Waals surface area contributed by atoms with Gasteiger partial charge in [-0.1, -0.05) is 37.6 Å². The van der Waals surface area contributed by atoms with E-state index in [1.54, 1.807) is 0 Å². The summed E-state index contributed by atoms with van der Waals surface area (Å²) >= 11 is 0. The molecule has 2 saturated carbocycles. The second kappa shape index (κ2) is 6.02. The van der Waals surface area contributed by atoms with Crippen LogP contribution in [0.15, 0.2) is 42.3 Å². The normalized spacial score (nSPS) is 46.0. The number of nitrogens with zero attached hydrogens (tertiary/aromatic N) is 1. The fourth-order valence-corrected chi connectivity index (χ4v) is 7.17. The minimum Gasteiger partial charge on any atom is -0.393 e. The van der Waals surface area contributed by atoms with Gasteiger partial charge in [0.05, 0.1) is 12.2 Å². The largest absolute Gasteiger partial charge is 0.393 e. The molecule has 0 aromatic carbocycles. The highest BCUT2D eigenvalue weighted by Gasteiger charge is 2.59. The molecule has 0 spiro atoms. The van der Waals surface area contributed by atoms with Crippen LogP contribution in [0.4, 0.5) is 0 Å². The van der Waals surface area contributed by atoms with Crippen molar-refractivity contribution < 1.29 is 10.2 Å². The average Bonchev–Trinajstić information content (AvgIpc) is 3.01. The number of allylic oxidation sites excluding steroid dienone is 2. The van der Waals surface area contributed by atoms with Gasteiger partial charge in [-0.15, -0.1) is 0 Å². The second-order valence-corrected chi connectivity index (χ2v) is 9.84. The molecule has 0 radical (unpaired) electrons. The minimum atomic E-state index is -0.380. The second-order valence-electron chi connectivity index (χ2n) is 9.84. The molecule has 0 saturated heterocycles. The van der Waals surface area contributed by atoms with E-state index in [1.807, 2.05) is 18.5 Å². The number of aliphatic hydroxyl groups is 2. The Hall–Kier alpha value is -1.45. The lowest BCUT2D eigenvalue weighted by Crippen LogP contribution is -2.54. The van der Waals surface area contributed by atoms with Gasteiger partial charge in [-0.3, -0.25) is 4.98 Å². The molecule has 3 nitrogen and oxygen atoms in total. The van der Waals surface area contributed by atoms with Crippen molar-refractivity contribution in [2.24, 2.45) is 28.6 Å². The van der Waals surface area contributed by atoms with Gasteiger partial charge in [0.25, 0.3) is 0 Å². The van der Waals surface area contributed by atoms with Crippen molar-refractivity contribution in [3.63, 3.8) is 0 Å². The number of hydrogen-bond acceptors (Lipinski definition) is 3. The van der Waals surface area contributed by atoms with E-state index in [9.17, 15) is 10.2 Å². The molecule has 0 aliphatic heterocycles. The van der Waals surface area contributed by atoms with E-state index in [-0.39, 0.29) is 23.0 Å². The SMILES string of the molecule is C[C@]12CCC(O)CC1=CC(O)[C@@H]1[C@H]2CC[C@]2(C)C(c3cccnc3)=CC[C@@H]12. The van der Waals surface area contributed by atoms with Crippen molar-refractivity contribution in [3.8, 4) is 0 Å². The first-order chi connectivity index (χ1) is 12.9. The Bertz CT molecular complexity index is 800. The number of rotatable bonds is 1. The summed E-state index contributed by atoms with van der Waals surface area (Å²) in [6.45, 7) is 4.82. The molecule has 1 aromatic heterocycles. The van der Waals surface area contributed by atoms with Gasteiger partial charge in [-0.25, -0.2) is 0 Å². The predicted octanol–water partition coefficient (Wildman–Crippen LogP) is 4.37. The lowest BCUT2D eigenvalue weighted by Gasteiger charge is -2.58. The Labute approximate surface area is 162 Å². The van der Waals surface area contributed by atoms with Gasteiger partial charge in [-0.2, -0.15) is 0 Å². The van der Waals surface area contributed by atoms with Crippen molar-refractivity contribution in [2.75, 3.05) is 0 Å². The third-order valence-corrected chi connectivity index (χ3v) is 8.66. The Kier molecular flexibility index (Phi) is 3.93. The van der Waals surface area contributed by atoms with E-state index in [1.165, 1.54) is 23.1 Å². The summed E-state index contributed by atoms with van der Waals surface area (Å²) in [5.74, 6) is 1.33. The van der Waals surface area contributed by atoms with Crippen LogP contribution in [0.3, 0.4) is 0 Å². The smallest absolute Gasteiger partial charge is 0.0757 e. The number of fused-ring (bicyclic) bond motifs is 5. The molecule has 2 N–H and O–H groups in total. The van der Waals surface area contributed by atoms with Gasteiger partial charge in [-0.05, 0) is 84.3 Å². The Morgan fingerprint density at radius 2 is 1.89 bits per heavy atom. The zero-order chi connectivity index (χ0) is 18.8. The van der Waals surface area contributed by atoms with E-state index in [0.717, 1.165) is 32.1 Å². The van der Waals surface area contributed by atoms with Crippen molar-refractivity contribution in [3.05, 3.63) is 47.8 Å². The lowest BCUT2D eigenvalue weighted by molar-refractivity contribution is -0.0731. The standard InChI is InChI=1S/C24H31NO2/c1-23-9-7-17(26)12-16(23)13-21(27)22-19-6-5-18(15-4-3-11-25-14-15)24(19,2)10-8-20(22)23/h3-5,11,13-14,17,19-22,26-27H,6-10,12H2,1-2H3/t17?,19-,20+,21?,22-,23-,24+/m0/s1. The molecule has 7 atom stereocenters. The fraction of sp³-hybridized carbons (Fsp3) is 0.625. The maximum atomic E-state index is 11.2. The van der Waals surface area contributed by atoms with Crippen LogP contribution in [-0.2, 0) is 0 Å². The summed E-state index contributed by atoms with van der Waals surface area (Å²) in [5.41, 5.74) is 4.28.